The molecule has 0 bridgehead atoms. The summed E-state index contributed by atoms with van der Waals surface area (Å²) in [6.45, 7) is 5.17. The van der Waals surface area contributed by atoms with Crippen molar-refractivity contribution in [3.05, 3.63) is 34.1 Å². The van der Waals surface area contributed by atoms with Gasteiger partial charge in [-0.1, -0.05) is 12.1 Å². The number of halogens is 2. The molecule has 0 radical (unpaired) electrons. The zero-order valence-corrected chi connectivity index (χ0v) is 12.8. The Labute approximate surface area is 122 Å². The van der Waals surface area contributed by atoms with Crippen LogP contribution in [0.25, 0.3) is 0 Å². The van der Waals surface area contributed by atoms with E-state index in [9.17, 15) is 4.39 Å². The quantitative estimate of drug-likeness (QED) is 0.917. The summed E-state index contributed by atoms with van der Waals surface area (Å²) in [5, 5.41) is 3.57. The first-order valence-electron chi connectivity index (χ1n) is 7.05. The summed E-state index contributed by atoms with van der Waals surface area (Å²) in [5.41, 5.74) is 1.06. The number of nitrogens with one attached hydrogen (secondary N) is 1. The Balaban J connectivity index is 1.77. The van der Waals surface area contributed by atoms with Crippen molar-refractivity contribution in [3.8, 4) is 0 Å². The van der Waals surface area contributed by atoms with Crippen molar-refractivity contribution in [1.29, 1.82) is 0 Å². The molecule has 4 heteroatoms. The molecule has 0 amide bonds. The first-order chi connectivity index (χ1) is 9.15. The summed E-state index contributed by atoms with van der Waals surface area (Å²) in [7, 11) is 0. The van der Waals surface area contributed by atoms with Gasteiger partial charge in [-0.25, -0.2) is 4.39 Å². The zero-order valence-electron chi connectivity index (χ0n) is 11.2. The molecule has 2 aliphatic rings. The zero-order chi connectivity index (χ0) is 13.4. The average Bonchev–Trinajstić information content (AvgIpc) is 3.19. The molecule has 1 aliphatic carbocycles. The van der Waals surface area contributed by atoms with Gasteiger partial charge in [0.1, 0.15) is 5.82 Å². The van der Waals surface area contributed by atoms with Gasteiger partial charge in [-0.05, 0) is 53.2 Å². The lowest BCUT2D eigenvalue weighted by Crippen LogP contribution is -2.55. The average molecular weight is 327 g/mol. The standard InChI is InChI=1S/C15H20BrFN2/c1-10-8-19(14(7-18-10)11-5-6-11)9-12-3-2-4-13(17)15(12)16/h2-4,10-11,14,18H,5-9H2,1H3. The van der Waals surface area contributed by atoms with Crippen LogP contribution in [0, 0.1) is 11.7 Å². The summed E-state index contributed by atoms with van der Waals surface area (Å²) >= 11 is 3.38. The lowest BCUT2D eigenvalue weighted by atomic mass is 10.0. The van der Waals surface area contributed by atoms with Crippen molar-refractivity contribution < 1.29 is 4.39 Å². The number of benzene rings is 1. The minimum absolute atomic E-state index is 0.163. The van der Waals surface area contributed by atoms with E-state index >= 15 is 0 Å². The van der Waals surface area contributed by atoms with Crippen molar-refractivity contribution in [2.24, 2.45) is 5.92 Å². The van der Waals surface area contributed by atoms with E-state index in [1.54, 1.807) is 6.07 Å². The topological polar surface area (TPSA) is 15.3 Å². The van der Waals surface area contributed by atoms with Crippen molar-refractivity contribution in [3.63, 3.8) is 0 Å². The Hall–Kier alpha value is -0.450. The second kappa shape index (κ2) is 5.51. The van der Waals surface area contributed by atoms with Gasteiger partial charge in [0.2, 0.25) is 0 Å². The number of hydrogen-bond acceptors (Lipinski definition) is 2. The Morgan fingerprint density at radius 2 is 2.21 bits per heavy atom. The van der Waals surface area contributed by atoms with E-state index in [1.807, 2.05) is 6.07 Å². The molecule has 1 saturated carbocycles. The predicted octanol–water partition coefficient (Wildman–Crippen LogP) is 3.16. The van der Waals surface area contributed by atoms with Crippen LogP contribution in [0.15, 0.2) is 22.7 Å². The van der Waals surface area contributed by atoms with Crippen LogP contribution in [-0.4, -0.2) is 30.1 Å². The third kappa shape index (κ3) is 3.01. The van der Waals surface area contributed by atoms with Gasteiger partial charge in [0, 0.05) is 31.7 Å². The second-order valence-corrected chi connectivity index (χ2v) is 6.65. The molecular formula is C15H20BrFN2. The second-order valence-electron chi connectivity index (χ2n) is 5.86. The number of nitrogens with zero attached hydrogens (tertiary/aromatic N) is 1. The largest absolute Gasteiger partial charge is 0.311 e. The van der Waals surface area contributed by atoms with Gasteiger partial charge < -0.3 is 5.32 Å². The third-order valence-corrected chi connectivity index (χ3v) is 5.11. The van der Waals surface area contributed by atoms with E-state index in [-0.39, 0.29) is 5.82 Å². The summed E-state index contributed by atoms with van der Waals surface area (Å²) in [4.78, 5) is 2.53. The van der Waals surface area contributed by atoms with Gasteiger partial charge in [-0.3, -0.25) is 4.90 Å². The highest BCUT2D eigenvalue weighted by Crippen LogP contribution is 2.37. The maximum absolute atomic E-state index is 13.6. The fourth-order valence-corrected chi connectivity index (χ4v) is 3.41. The van der Waals surface area contributed by atoms with Crippen molar-refractivity contribution in [2.75, 3.05) is 13.1 Å². The summed E-state index contributed by atoms with van der Waals surface area (Å²) < 4.78 is 14.2. The van der Waals surface area contributed by atoms with E-state index in [1.165, 1.54) is 18.9 Å². The first kappa shape index (κ1) is 13.5. The van der Waals surface area contributed by atoms with Crippen LogP contribution in [0.5, 0.6) is 0 Å². The van der Waals surface area contributed by atoms with Gasteiger partial charge >= 0.3 is 0 Å². The summed E-state index contributed by atoms with van der Waals surface area (Å²) in [6, 6.07) is 6.46. The molecule has 1 aromatic rings. The fraction of sp³-hybridized carbons (Fsp3) is 0.600. The molecule has 1 saturated heterocycles. The van der Waals surface area contributed by atoms with Gasteiger partial charge in [-0.2, -0.15) is 0 Å². The SMILES string of the molecule is CC1CN(Cc2cccc(F)c2Br)C(C2CC2)CN1. The Morgan fingerprint density at radius 3 is 2.95 bits per heavy atom. The first-order valence-corrected chi connectivity index (χ1v) is 7.85. The van der Waals surface area contributed by atoms with E-state index < -0.39 is 0 Å². The monoisotopic (exact) mass is 326 g/mol. The number of hydrogen-bond donors (Lipinski definition) is 1. The van der Waals surface area contributed by atoms with Crippen LogP contribution in [0.2, 0.25) is 0 Å². The highest BCUT2D eigenvalue weighted by molar-refractivity contribution is 9.10. The minimum Gasteiger partial charge on any atom is -0.311 e. The molecular weight excluding hydrogens is 307 g/mol. The van der Waals surface area contributed by atoms with Crippen molar-refractivity contribution in [2.45, 2.75) is 38.4 Å². The lowest BCUT2D eigenvalue weighted by molar-refractivity contribution is 0.112. The summed E-state index contributed by atoms with van der Waals surface area (Å²) in [6.07, 6.45) is 2.70. The maximum Gasteiger partial charge on any atom is 0.137 e. The normalized spacial score (nSPS) is 28.6. The molecule has 1 aliphatic heterocycles. The van der Waals surface area contributed by atoms with Crippen LogP contribution in [-0.2, 0) is 6.54 Å². The lowest BCUT2D eigenvalue weighted by Gasteiger charge is -2.40. The highest BCUT2D eigenvalue weighted by atomic mass is 79.9. The Kier molecular flexibility index (Phi) is 3.92. The van der Waals surface area contributed by atoms with Crippen LogP contribution < -0.4 is 5.32 Å². The predicted molar refractivity (Wildman–Crippen MR) is 78.5 cm³/mol. The molecule has 2 atom stereocenters. The Morgan fingerprint density at radius 1 is 1.42 bits per heavy atom. The molecule has 1 aromatic carbocycles. The molecule has 1 N–H and O–H groups in total. The van der Waals surface area contributed by atoms with Gasteiger partial charge in [0.25, 0.3) is 0 Å². The summed E-state index contributed by atoms with van der Waals surface area (Å²) in [5.74, 6) is 0.677. The Bertz CT molecular complexity index is 461. The number of piperazine rings is 1. The molecule has 0 aromatic heterocycles. The molecule has 0 spiro atoms. The fourth-order valence-electron chi connectivity index (χ4n) is 3.02. The molecule has 3 rings (SSSR count). The number of rotatable bonds is 3. The van der Waals surface area contributed by atoms with Crippen molar-refractivity contribution in [1.82, 2.24) is 10.2 Å². The van der Waals surface area contributed by atoms with E-state index in [0.717, 1.165) is 31.1 Å². The van der Waals surface area contributed by atoms with Crippen LogP contribution >= 0.6 is 15.9 Å². The molecule has 1 heterocycles. The molecule has 104 valence electrons. The maximum atomic E-state index is 13.6. The van der Waals surface area contributed by atoms with E-state index in [2.05, 4.69) is 33.1 Å². The molecule has 2 fully saturated rings. The smallest absolute Gasteiger partial charge is 0.137 e. The van der Waals surface area contributed by atoms with E-state index in [4.69, 9.17) is 0 Å². The minimum atomic E-state index is -0.163. The van der Waals surface area contributed by atoms with Gasteiger partial charge in [0.15, 0.2) is 0 Å². The highest BCUT2D eigenvalue weighted by Gasteiger charge is 2.37. The van der Waals surface area contributed by atoms with Gasteiger partial charge in [0.05, 0.1) is 4.47 Å². The van der Waals surface area contributed by atoms with Crippen LogP contribution in [0.4, 0.5) is 4.39 Å². The molecule has 19 heavy (non-hydrogen) atoms. The van der Waals surface area contributed by atoms with Crippen LogP contribution in [0.1, 0.15) is 25.3 Å². The molecule has 2 unspecified atom stereocenters. The third-order valence-electron chi connectivity index (χ3n) is 4.22. The van der Waals surface area contributed by atoms with E-state index in [0.29, 0.717) is 16.6 Å². The van der Waals surface area contributed by atoms with Crippen molar-refractivity contribution >= 4 is 15.9 Å². The van der Waals surface area contributed by atoms with Crippen LogP contribution in [0.3, 0.4) is 0 Å². The van der Waals surface area contributed by atoms with Gasteiger partial charge in [-0.15, -0.1) is 0 Å². The molecule has 2 nitrogen and oxygen atoms in total.